The summed E-state index contributed by atoms with van der Waals surface area (Å²) in [7, 11) is -1.79. The SMILES string of the molecule is CCS(=O)(=O)c1ccc(Sc2nc(Nc3cc(C)[nH]n3)c(OC)c(N3CCOCC3C)n2)c(Cl)c1. The number of ether oxygens (including phenoxy) is 2. The first-order valence-electron chi connectivity index (χ1n) is 11.0. The third-order valence-electron chi connectivity index (χ3n) is 5.47. The zero-order valence-electron chi connectivity index (χ0n) is 19.8. The summed E-state index contributed by atoms with van der Waals surface area (Å²) in [4.78, 5) is 12.4. The lowest BCUT2D eigenvalue weighted by Crippen LogP contribution is -2.44. The lowest BCUT2D eigenvalue weighted by atomic mass is 10.2. The molecule has 3 aromatic rings. The van der Waals surface area contributed by atoms with E-state index in [0.717, 1.165) is 5.69 Å². The third kappa shape index (κ3) is 5.66. The summed E-state index contributed by atoms with van der Waals surface area (Å²) in [6, 6.07) is 6.61. The predicted molar refractivity (Wildman–Crippen MR) is 136 cm³/mol. The molecule has 2 N–H and O–H groups in total. The Labute approximate surface area is 213 Å². The number of nitrogens with one attached hydrogen (secondary N) is 2. The second-order valence-electron chi connectivity index (χ2n) is 7.99. The lowest BCUT2D eigenvalue weighted by molar-refractivity contribution is 0.0981. The summed E-state index contributed by atoms with van der Waals surface area (Å²) < 4.78 is 35.8. The van der Waals surface area contributed by atoms with Gasteiger partial charge in [0.05, 0.1) is 42.0 Å². The van der Waals surface area contributed by atoms with Crippen molar-refractivity contribution < 1.29 is 17.9 Å². The van der Waals surface area contributed by atoms with E-state index in [1.54, 1.807) is 26.2 Å². The van der Waals surface area contributed by atoms with Crippen LogP contribution in [0.4, 0.5) is 17.5 Å². The Morgan fingerprint density at radius 2 is 2.14 bits per heavy atom. The Bertz CT molecular complexity index is 1320. The van der Waals surface area contributed by atoms with Crippen molar-refractivity contribution in [2.75, 3.05) is 42.8 Å². The smallest absolute Gasteiger partial charge is 0.204 e. The van der Waals surface area contributed by atoms with Gasteiger partial charge in [-0.25, -0.2) is 18.4 Å². The molecule has 1 aromatic carbocycles. The molecule has 0 saturated carbocycles. The van der Waals surface area contributed by atoms with E-state index in [1.807, 2.05) is 13.0 Å². The number of aromatic nitrogens is 4. The summed E-state index contributed by atoms with van der Waals surface area (Å²) in [6.45, 7) is 7.34. The summed E-state index contributed by atoms with van der Waals surface area (Å²) in [5.41, 5.74) is 0.894. The van der Waals surface area contributed by atoms with Gasteiger partial charge < -0.3 is 19.7 Å². The van der Waals surface area contributed by atoms with E-state index in [4.69, 9.17) is 26.1 Å². The molecule has 1 aliphatic heterocycles. The van der Waals surface area contributed by atoms with Gasteiger partial charge in [-0.3, -0.25) is 5.10 Å². The molecule has 1 aliphatic rings. The number of sulfone groups is 1. The van der Waals surface area contributed by atoms with E-state index in [1.165, 1.54) is 17.8 Å². The number of aromatic amines is 1. The first kappa shape index (κ1) is 25.5. The van der Waals surface area contributed by atoms with Crippen LogP contribution < -0.4 is 15.0 Å². The molecule has 0 aliphatic carbocycles. The number of anilines is 3. The van der Waals surface area contributed by atoms with Gasteiger partial charge >= 0.3 is 0 Å². The molecule has 1 saturated heterocycles. The van der Waals surface area contributed by atoms with E-state index in [2.05, 4.69) is 32.3 Å². The molecule has 0 amide bonds. The van der Waals surface area contributed by atoms with Gasteiger partial charge in [-0.15, -0.1) is 0 Å². The van der Waals surface area contributed by atoms with E-state index in [9.17, 15) is 8.42 Å². The third-order valence-corrected chi connectivity index (χ3v) is 8.57. The Kier molecular flexibility index (Phi) is 7.74. The quantitative estimate of drug-likeness (QED) is 0.405. The van der Waals surface area contributed by atoms with Gasteiger partial charge in [0.15, 0.2) is 32.4 Å². The monoisotopic (exact) mass is 538 g/mol. The van der Waals surface area contributed by atoms with Crippen LogP contribution in [0.1, 0.15) is 19.5 Å². The number of rotatable bonds is 8. The second kappa shape index (κ2) is 10.6. The summed E-state index contributed by atoms with van der Waals surface area (Å²) >= 11 is 7.70. The average molecular weight is 539 g/mol. The van der Waals surface area contributed by atoms with Crippen LogP contribution >= 0.6 is 23.4 Å². The molecule has 35 heavy (non-hydrogen) atoms. The Morgan fingerprint density at radius 1 is 1.34 bits per heavy atom. The van der Waals surface area contributed by atoms with Gasteiger partial charge in [0, 0.05) is 23.2 Å². The van der Waals surface area contributed by atoms with E-state index >= 15 is 0 Å². The Balaban J connectivity index is 1.76. The van der Waals surface area contributed by atoms with Crippen LogP contribution in [-0.2, 0) is 14.6 Å². The van der Waals surface area contributed by atoms with Gasteiger partial charge in [-0.2, -0.15) is 5.10 Å². The maximum Gasteiger partial charge on any atom is 0.204 e. The molecule has 10 nitrogen and oxygen atoms in total. The van der Waals surface area contributed by atoms with Crippen molar-refractivity contribution in [3.63, 3.8) is 0 Å². The largest absolute Gasteiger partial charge is 0.490 e. The standard InChI is InChI=1S/C22H27ClN6O4S2/c1-5-35(30,31)15-6-7-17(16(23)11-15)34-22-25-20(24-18-10-13(2)27-28-18)19(32-4)21(26-22)29-8-9-33-12-14(29)3/h6-7,10-11,14H,5,8-9,12H2,1-4H3,(H2,24,25,26,27,28). The second-order valence-corrected chi connectivity index (χ2v) is 11.7. The molecule has 0 bridgehead atoms. The molecular formula is C22H27ClN6O4S2. The highest BCUT2D eigenvalue weighted by atomic mass is 35.5. The summed E-state index contributed by atoms with van der Waals surface area (Å²) in [5, 5.41) is 11.1. The number of halogens is 1. The molecule has 1 fully saturated rings. The minimum absolute atomic E-state index is 0.000195. The normalized spacial score (nSPS) is 16.4. The zero-order valence-corrected chi connectivity index (χ0v) is 22.2. The Hall–Kier alpha value is -2.54. The summed E-state index contributed by atoms with van der Waals surface area (Å²) in [5.74, 6) is 2.14. The molecule has 13 heteroatoms. The molecule has 0 radical (unpaired) electrons. The van der Waals surface area contributed by atoms with Crippen molar-refractivity contribution >= 4 is 50.7 Å². The van der Waals surface area contributed by atoms with Gasteiger partial charge in [-0.1, -0.05) is 18.5 Å². The maximum absolute atomic E-state index is 12.2. The first-order valence-corrected chi connectivity index (χ1v) is 13.9. The van der Waals surface area contributed by atoms with E-state index in [0.29, 0.717) is 58.0 Å². The number of benzene rings is 1. The number of hydrogen-bond acceptors (Lipinski definition) is 10. The van der Waals surface area contributed by atoms with Crippen LogP contribution in [0, 0.1) is 6.92 Å². The lowest BCUT2D eigenvalue weighted by Gasteiger charge is -2.35. The highest BCUT2D eigenvalue weighted by Crippen LogP contribution is 2.40. The maximum atomic E-state index is 12.2. The number of nitrogens with zero attached hydrogens (tertiary/aromatic N) is 4. The van der Waals surface area contributed by atoms with Crippen molar-refractivity contribution in [3.05, 3.63) is 35.0 Å². The van der Waals surface area contributed by atoms with Crippen molar-refractivity contribution in [3.8, 4) is 5.75 Å². The van der Waals surface area contributed by atoms with Crippen molar-refractivity contribution in [1.29, 1.82) is 0 Å². The van der Waals surface area contributed by atoms with Gasteiger partial charge in [0.25, 0.3) is 0 Å². The number of aryl methyl sites for hydroxylation is 1. The fourth-order valence-electron chi connectivity index (χ4n) is 3.60. The number of H-pyrrole nitrogens is 1. The minimum Gasteiger partial charge on any atom is -0.490 e. The Morgan fingerprint density at radius 3 is 2.77 bits per heavy atom. The molecule has 188 valence electrons. The molecule has 3 heterocycles. The number of morpholine rings is 1. The highest BCUT2D eigenvalue weighted by Gasteiger charge is 2.27. The van der Waals surface area contributed by atoms with Crippen molar-refractivity contribution in [2.24, 2.45) is 0 Å². The zero-order chi connectivity index (χ0) is 25.2. The van der Waals surface area contributed by atoms with Gasteiger partial charge in [0.1, 0.15) is 0 Å². The van der Waals surface area contributed by atoms with Crippen molar-refractivity contribution in [2.45, 2.75) is 41.8 Å². The van der Waals surface area contributed by atoms with Gasteiger partial charge in [-0.05, 0) is 43.8 Å². The topological polar surface area (TPSA) is 122 Å². The van der Waals surface area contributed by atoms with Crippen LogP contribution in [0.5, 0.6) is 5.75 Å². The average Bonchev–Trinajstić information content (AvgIpc) is 3.24. The van der Waals surface area contributed by atoms with Crippen LogP contribution in [0.15, 0.2) is 39.2 Å². The van der Waals surface area contributed by atoms with E-state index < -0.39 is 9.84 Å². The fourth-order valence-corrected chi connectivity index (χ4v) is 5.62. The molecular weight excluding hydrogens is 512 g/mol. The molecule has 2 aromatic heterocycles. The molecule has 0 spiro atoms. The van der Waals surface area contributed by atoms with Gasteiger partial charge in [0.2, 0.25) is 5.75 Å². The predicted octanol–water partition coefficient (Wildman–Crippen LogP) is 4.08. The van der Waals surface area contributed by atoms with Crippen molar-refractivity contribution in [1.82, 2.24) is 20.2 Å². The number of hydrogen-bond donors (Lipinski definition) is 2. The van der Waals surface area contributed by atoms with Crippen LogP contribution in [0.25, 0.3) is 0 Å². The molecule has 1 atom stereocenters. The van der Waals surface area contributed by atoms with Crippen LogP contribution in [0.3, 0.4) is 0 Å². The van der Waals surface area contributed by atoms with Crippen LogP contribution in [-0.4, -0.2) is 67.2 Å². The molecule has 1 unspecified atom stereocenters. The highest BCUT2D eigenvalue weighted by molar-refractivity contribution is 7.99. The summed E-state index contributed by atoms with van der Waals surface area (Å²) in [6.07, 6.45) is 0. The molecule has 4 rings (SSSR count). The van der Waals surface area contributed by atoms with Crippen LogP contribution in [0.2, 0.25) is 5.02 Å². The number of methoxy groups -OCH3 is 1. The minimum atomic E-state index is -3.37. The first-order chi connectivity index (χ1) is 16.7. The fraction of sp³-hybridized carbons (Fsp3) is 0.409. The van der Waals surface area contributed by atoms with E-state index in [-0.39, 0.29) is 16.7 Å².